The molecule has 1 unspecified atom stereocenters. The van der Waals surface area contributed by atoms with E-state index in [0.29, 0.717) is 0 Å². The molecule has 1 heterocycles. The largest absolute Gasteiger partial charge is 0.315 e. The maximum absolute atomic E-state index is 8.38. The number of hydrogen-bond donors (Lipinski definition) is 3. The highest BCUT2D eigenvalue weighted by molar-refractivity contribution is 4.65. The van der Waals surface area contributed by atoms with Crippen LogP contribution in [0.25, 0.3) is 0 Å². The van der Waals surface area contributed by atoms with Crippen LogP contribution in [0.1, 0.15) is 19.3 Å². The zero-order chi connectivity index (χ0) is 5.82. The minimum absolute atomic E-state index is 0.142. The molecular weight excluding hydrogens is 104 g/mol. The number of piperidine rings is 1. The van der Waals surface area contributed by atoms with Gasteiger partial charge in [-0.05, 0) is 25.8 Å². The number of nitrogens with one attached hydrogen (secondary N) is 2. The van der Waals surface area contributed by atoms with Gasteiger partial charge in [-0.15, -0.1) is 0 Å². The predicted octanol–water partition coefficient (Wildman–Crippen LogP) is 0.0648. The SMILES string of the molecule is ONC1CCCCN1. The molecule has 3 nitrogen and oxygen atoms in total. The summed E-state index contributed by atoms with van der Waals surface area (Å²) in [5, 5.41) is 11.5. The van der Waals surface area contributed by atoms with Gasteiger partial charge in [0, 0.05) is 0 Å². The Hall–Kier alpha value is -0.120. The van der Waals surface area contributed by atoms with Crippen LogP contribution in [-0.2, 0) is 0 Å². The lowest BCUT2D eigenvalue weighted by Gasteiger charge is -2.21. The quantitative estimate of drug-likeness (QED) is 0.425. The standard InChI is InChI=1S/C5H12N2O/c8-7-5-3-1-2-4-6-5/h5-8H,1-4H2. The molecule has 1 fully saturated rings. The third kappa shape index (κ3) is 1.43. The van der Waals surface area contributed by atoms with E-state index in [1.54, 1.807) is 0 Å². The maximum atomic E-state index is 8.38. The van der Waals surface area contributed by atoms with E-state index in [1.807, 2.05) is 0 Å². The van der Waals surface area contributed by atoms with Gasteiger partial charge in [0.05, 0.1) is 6.17 Å². The molecule has 0 aromatic carbocycles. The second-order valence-corrected chi connectivity index (χ2v) is 2.13. The molecule has 8 heavy (non-hydrogen) atoms. The summed E-state index contributed by atoms with van der Waals surface area (Å²) in [4.78, 5) is 0. The van der Waals surface area contributed by atoms with Gasteiger partial charge in [0.2, 0.25) is 0 Å². The smallest absolute Gasteiger partial charge is 0.0809 e. The average Bonchev–Trinajstić information content (AvgIpc) is 1.90. The molecule has 0 radical (unpaired) electrons. The van der Waals surface area contributed by atoms with E-state index in [9.17, 15) is 0 Å². The van der Waals surface area contributed by atoms with Crippen LogP contribution in [0.3, 0.4) is 0 Å². The first kappa shape index (κ1) is 6.01. The lowest BCUT2D eigenvalue weighted by molar-refractivity contribution is 0.0959. The van der Waals surface area contributed by atoms with E-state index in [0.717, 1.165) is 13.0 Å². The Labute approximate surface area is 49.0 Å². The van der Waals surface area contributed by atoms with Gasteiger partial charge in [0.15, 0.2) is 0 Å². The highest BCUT2D eigenvalue weighted by atomic mass is 16.5. The van der Waals surface area contributed by atoms with Gasteiger partial charge in [0.1, 0.15) is 0 Å². The number of hydrogen-bond acceptors (Lipinski definition) is 3. The highest BCUT2D eigenvalue weighted by Crippen LogP contribution is 2.02. The predicted molar refractivity (Wildman–Crippen MR) is 30.6 cm³/mol. The monoisotopic (exact) mass is 116 g/mol. The molecule has 1 aliphatic rings. The van der Waals surface area contributed by atoms with Crippen molar-refractivity contribution in [2.24, 2.45) is 0 Å². The van der Waals surface area contributed by atoms with E-state index in [4.69, 9.17) is 5.21 Å². The second kappa shape index (κ2) is 3.02. The molecule has 0 saturated carbocycles. The molecule has 3 heteroatoms. The van der Waals surface area contributed by atoms with Crippen LogP contribution >= 0.6 is 0 Å². The molecule has 0 amide bonds. The lowest BCUT2D eigenvalue weighted by Crippen LogP contribution is -2.43. The summed E-state index contributed by atoms with van der Waals surface area (Å²) in [6.45, 7) is 1.03. The van der Waals surface area contributed by atoms with Gasteiger partial charge in [-0.3, -0.25) is 0 Å². The van der Waals surface area contributed by atoms with Crippen molar-refractivity contribution < 1.29 is 5.21 Å². The van der Waals surface area contributed by atoms with E-state index >= 15 is 0 Å². The van der Waals surface area contributed by atoms with Crippen molar-refractivity contribution in [2.45, 2.75) is 25.4 Å². The minimum atomic E-state index is 0.142. The van der Waals surface area contributed by atoms with Gasteiger partial charge in [-0.1, -0.05) is 0 Å². The fraction of sp³-hybridized carbons (Fsp3) is 1.00. The Morgan fingerprint density at radius 2 is 2.38 bits per heavy atom. The molecule has 0 aromatic rings. The van der Waals surface area contributed by atoms with Gasteiger partial charge in [-0.25, -0.2) is 0 Å². The Morgan fingerprint density at radius 1 is 1.50 bits per heavy atom. The first-order chi connectivity index (χ1) is 3.93. The summed E-state index contributed by atoms with van der Waals surface area (Å²) in [5.74, 6) is 0. The number of rotatable bonds is 1. The van der Waals surface area contributed by atoms with Crippen molar-refractivity contribution in [1.29, 1.82) is 0 Å². The topological polar surface area (TPSA) is 44.3 Å². The van der Waals surface area contributed by atoms with Gasteiger partial charge < -0.3 is 10.5 Å². The summed E-state index contributed by atoms with van der Waals surface area (Å²) >= 11 is 0. The molecule has 0 aromatic heterocycles. The maximum Gasteiger partial charge on any atom is 0.0809 e. The van der Waals surface area contributed by atoms with Crippen molar-refractivity contribution in [3.63, 3.8) is 0 Å². The Morgan fingerprint density at radius 3 is 2.75 bits per heavy atom. The van der Waals surface area contributed by atoms with Crippen LogP contribution in [0, 0.1) is 0 Å². The van der Waals surface area contributed by atoms with Crippen molar-refractivity contribution in [3.05, 3.63) is 0 Å². The summed E-state index contributed by atoms with van der Waals surface area (Å²) < 4.78 is 0. The van der Waals surface area contributed by atoms with Gasteiger partial charge in [-0.2, -0.15) is 5.48 Å². The number of hydroxylamine groups is 1. The fourth-order valence-corrected chi connectivity index (χ4v) is 0.962. The molecule has 1 aliphatic heterocycles. The lowest BCUT2D eigenvalue weighted by atomic mass is 10.1. The van der Waals surface area contributed by atoms with Crippen LogP contribution in [0.15, 0.2) is 0 Å². The van der Waals surface area contributed by atoms with Gasteiger partial charge in [0.25, 0.3) is 0 Å². The average molecular weight is 116 g/mol. The van der Waals surface area contributed by atoms with Crippen LogP contribution in [-0.4, -0.2) is 17.9 Å². The zero-order valence-electron chi connectivity index (χ0n) is 4.85. The summed E-state index contributed by atoms with van der Waals surface area (Å²) in [7, 11) is 0. The van der Waals surface area contributed by atoms with Crippen LogP contribution in [0.4, 0.5) is 0 Å². The van der Waals surface area contributed by atoms with Crippen LogP contribution < -0.4 is 10.8 Å². The molecule has 1 atom stereocenters. The third-order valence-electron chi connectivity index (χ3n) is 1.47. The van der Waals surface area contributed by atoms with Crippen molar-refractivity contribution in [2.75, 3.05) is 6.54 Å². The zero-order valence-corrected chi connectivity index (χ0v) is 4.85. The van der Waals surface area contributed by atoms with E-state index in [1.165, 1.54) is 12.8 Å². The summed E-state index contributed by atoms with van der Waals surface area (Å²) in [6.07, 6.45) is 3.63. The molecule has 3 N–H and O–H groups in total. The molecule has 1 rings (SSSR count). The third-order valence-corrected chi connectivity index (χ3v) is 1.47. The molecule has 0 aliphatic carbocycles. The van der Waals surface area contributed by atoms with E-state index in [-0.39, 0.29) is 6.17 Å². The first-order valence-electron chi connectivity index (χ1n) is 3.06. The second-order valence-electron chi connectivity index (χ2n) is 2.13. The Bertz CT molecular complexity index is 61.4. The van der Waals surface area contributed by atoms with Crippen molar-refractivity contribution in [1.82, 2.24) is 10.8 Å². The van der Waals surface area contributed by atoms with Crippen LogP contribution in [0.2, 0.25) is 0 Å². The highest BCUT2D eigenvalue weighted by Gasteiger charge is 2.08. The van der Waals surface area contributed by atoms with E-state index in [2.05, 4.69) is 10.8 Å². The fourth-order valence-electron chi connectivity index (χ4n) is 0.962. The Balaban J connectivity index is 2.13. The molecule has 1 saturated heterocycles. The summed E-state index contributed by atoms with van der Waals surface area (Å²) in [6, 6.07) is 0. The normalized spacial score (nSPS) is 30.4. The van der Waals surface area contributed by atoms with Crippen molar-refractivity contribution in [3.8, 4) is 0 Å². The minimum Gasteiger partial charge on any atom is -0.315 e. The van der Waals surface area contributed by atoms with Crippen LogP contribution in [0.5, 0.6) is 0 Å². The first-order valence-corrected chi connectivity index (χ1v) is 3.06. The molecule has 0 spiro atoms. The molecule has 48 valence electrons. The molecular formula is C5H12N2O. The summed E-state index contributed by atoms with van der Waals surface area (Å²) in [5.41, 5.74) is 2.19. The molecule has 0 bridgehead atoms. The Kier molecular flexibility index (Phi) is 2.27. The van der Waals surface area contributed by atoms with E-state index < -0.39 is 0 Å². The van der Waals surface area contributed by atoms with Gasteiger partial charge >= 0.3 is 0 Å². The van der Waals surface area contributed by atoms with Crippen molar-refractivity contribution >= 4 is 0 Å².